The number of rotatable bonds is 3. The summed E-state index contributed by atoms with van der Waals surface area (Å²) in [6.45, 7) is 6.12. The van der Waals surface area contributed by atoms with E-state index in [1.165, 1.54) is 5.56 Å². The van der Waals surface area contributed by atoms with Crippen LogP contribution in [0.1, 0.15) is 32.7 Å². The lowest BCUT2D eigenvalue weighted by molar-refractivity contribution is 0.0988. The van der Waals surface area contributed by atoms with Crippen LogP contribution in [0.25, 0.3) is 0 Å². The summed E-state index contributed by atoms with van der Waals surface area (Å²) in [6.07, 6.45) is 1.93. The van der Waals surface area contributed by atoms with Gasteiger partial charge in [0.2, 0.25) is 0 Å². The summed E-state index contributed by atoms with van der Waals surface area (Å²) >= 11 is 6.01. The molecule has 0 amide bonds. The third-order valence-corrected chi connectivity index (χ3v) is 3.51. The third-order valence-electron chi connectivity index (χ3n) is 3.20. The van der Waals surface area contributed by atoms with Crippen molar-refractivity contribution in [2.45, 2.75) is 27.2 Å². The smallest absolute Gasteiger partial charge is 0.187 e. The van der Waals surface area contributed by atoms with Gasteiger partial charge in [0.1, 0.15) is 5.69 Å². The van der Waals surface area contributed by atoms with E-state index in [1.807, 2.05) is 13.8 Å². The summed E-state index contributed by atoms with van der Waals surface area (Å²) < 4.78 is 0. The van der Waals surface area contributed by atoms with Crippen LogP contribution >= 0.6 is 11.6 Å². The average molecular weight is 274 g/mol. The van der Waals surface area contributed by atoms with Gasteiger partial charge in [0.25, 0.3) is 0 Å². The maximum absolute atomic E-state index is 12.3. The van der Waals surface area contributed by atoms with Gasteiger partial charge >= 0.3 is 0 Å². The molecule has 0 aliphatic carbocycles. The van der Waals surface area contributed by atoms with E-state index in [4.69, 9.17) is 11.6 Å². The molecule has 2 aromatic rings. The molecule has 98 valence electrons. The van der Waals surface area contributed by atoms with Gasteiger partial charge in [-0.25, -0.2) is 0 Å². The van der Waals surface area contributed by atoms with Gasteiger partial charge in [-0.1, -0.05) is 29.3 Å². The highest BCUT2D eigenvalue weighted by atomic mass is 35.5. The molecule has 0 spiro atoms. The Bertz CT molecular complexity index is 611. The zero-order chi connectivity index (χ0) is 14.0. The fourth-order valence-corrected chi connectivity index (χ4v) is 2.55. The predicted octanol–water partition coefficient (Wildman–Crippen LogP) is 4.09. The second kappa shape index (κ2) is 5.54. The fraction of sp³-hybridized carbons (Fsp3) is 0.250. The standard InChI is InChI=1S/C16H16ClNO/c1-10-7-11(2)13(12(3)8-10)9-15(19)16-14(17)5-4-6-18-16/h4-8H,9H2,1-3H3. The van der Waals surface area contributed by atoms with Crippen molar-refractivity contribution in [1.29, 1.82) is 0 Å². The number of aromatic nitrogens is 1. The molecule has 0 saturated carbocycles. The summed E-state index contributed by atoms with van der Waals surface area (Å²) in [5.74, 6) is -0.0411. The van der Waals surface area contributed by atoms with Gasteiger partial charge in [-0.3, -0.25) is 9.78 Å². The van der Waals surface area contributed by atoms with Crippen LogP contribution in [-0.4, -0.2) is 10.8 Å². The molecule has 0 bridgehead atoms. The minimum atomic E-state index is -0.0411. The lowest BCUT2D eigenvalue weighted by Crippen LogP contribution is -2.09. The molecular weight excluding hydrogens is 258 g/mol. The number of ketones is 1. The highest BCUT2D eigenvalue weighted by Crippen LogP contribution is 2.20. The van der Waals surface area contributed by atoms with Gasteiger partial charge in [0, 0.05) is 12.6 Å². The van der Waals surface area contributed by atoms with Crippen molar-refractivity contribution in [3.05, 3.63) is 63.4 Å². The lowest BCUT2D eigenvalue weighted by Gasteiger charge is -2.11. The molecule has 0 radical (unpaired) electrons. The minimum Gasteiger partial charge on any atom is -0.292 e. The Kier molecular flexibility index (Phi) is 4.01. The lowest BCUT2D eigenvalue weighted by atomic mass is 9.95. The van der Waals surface area contributed by atoms with Gasteiger partial charge in [-0.2, -0.15) is 0 Å². The van der Waals surface area contributed by atoms with Crippen molar-refractivity contribution in [2.75, 3.05) is 0 Å². The molecule has 0 aliphatic rings. The maximum atomic E-state index is 12.3. The first-order chi connectivity index (χ1) is 8.99. The molecule has 0 saturated heterocycles. The van der Waals surface area contributed by atoms with E-state index in [-0.39, 0.29) is 5.78 Å². The first-order valence-electron chi connectivity index (χ1n) is 6.19. The van der Waals surface area contributed by atoms with Gasteiger partial charge in [-0.05, 0) is 49.6 Å². The largest absolute Gasteiger partial charge is 0.292 e. The number of nitrogens with zero attached hydrogens (tertiary/aromatic N) is 1. The van der Waals surface area contributed by atoms with Crippen LogP contribution < -0.4 is 0 Å². The topological polar surface area (TPSA) is 30.0 Å². The number of Topliss-reactive ketones (excluding diaryl/α,β-unsaturated/α-hetero) is 1. The first kappa shape index (κ1) is 13.8. The zero-order valence-electron chi connectivity index (χ0n) is 11.3. The summed E-state index contributed by atoms with van der Waals surface area (Å²) in [6, 6.07) is 7.60. The Balaban J connectivity index is 2.32. The third kappa shape index (κ3) is 3.02. The van der Waals surface area contributed by atoms with E-state index in [2.05, 4.69) is 24.0 Å². The van der Waals surface area contributed by atoms with Crippen molar-refractivity contribution in [3.63, 3.8) is 0 Å². The van der Waals surface area contributed by atoms with E-state index in [0.29, 0.717) is 17.1 Å². The van der Waals surface area contributed by atoms with Gasteiger partial charge in [0.05, 0.1) is 5.02 Å². The van der Waals surface area contributed by atoms with E-state index >= 15 is 0 Å². The number of aryl methyl sites for hydroxylation is 3. The molecular formula is C16H16ClNO. The highest BCUT2D eigenvalue weighted by Gasteiger charge is 2.15. The predicted molar refractivity (Wildman–Crippen MR) is 77.9 cm³/mol. The summed E-state index contributed by atoms with van der Waals surface area (Å²) in [4.78, 5) is 16.3. The van der Waals surface area contributed by atoms with Crippen LogP contribution in [0.5, 0.6) is 0 Å². The molecule has 1 aromatic heterocycles. The number of carbonyl (C=O) groups excluding carboxylic acids is 1. The second-order valence-electron chi connectivity index (χ2n) is 4.81. The number of pyridine rings is 1. The van der Waals surface area contributed by atoms with Crippen LogP contribution in [0.2, 0.25) is 5.02 Å². The molecule has 2 nitrogen and oxygen atoms in total. The van der Waals surface area contributed by atoms with E-state index < -0.39 is 0 Å². The Labute approximate surface area is 118 Å². The van der Waals surface area contributed by atoms with Gasteiger partial charge < -0.3 is 0 Å². The number of hydrogen-bond acceptors (Lipinski definition) is 2. The monoisotopic (exact) mass is 273 g/mol. The second-order valence-corrected chi connectivity index (χ2v) is 5.22. The number of hydrogen-bond donors (Lipinski definition) is 0. The zero-order valence-corrected chi connectivity index (χ0v) is 12.1. The Hall–Kier alpha value is -1.67. The molecule has 0 fully saturated rings. The van der Waals surface area contributed by atoms with Crippen molar-refractivity contribution >= 4 is 17.4 Å². The molecule has 1 heterocycles. The van der Waals surface area contributed by atoms with E-state index in [1.54, 1.807) is 18.3 Å². The SMILES string of the molecule is Cc1cc(C)c(CC(=O)c2ncccc2Cl)c(C)c1. The summed E-state index contributed by atoms with van der Waals surface area (Å²) in [5, 5.41) is 0.412. The van der Waals surface area contributed by atoms with Crippen LogP contribution in [0.15, 0.2) is 30.5 Å². The van der Waals surface area contributed by atoms with Crippen molar-refractivity contribution < 1.29 is 4.79 Å². The molecule has 0 unspecified atom stereocenters. The Morgan fingerprint density at radius 3 is 2.42 bits per heavy atom. The Morgan fingerprint density at radius 2 is 1.84 bits per heavy atom. The Morgan fingerprint density at radius 1 is 1.21 bits per heavy atom. The maximum Gasteiger partial charge on any atom is 0.187 e. The van der Waals surface area contributed by atoms with E-state index in [0.717, 1.165) is 16.7 Å². The average Bonchev–Trinajstić information content (AvgIpc) is 2.34. The van der Waals surface area contributed by atoms with Crippen molar-refractivity contribution in [2.24, 2.45) is 0 Å². The van der Waals surface area contributed by atoms with Gasteiger partial charge in [-0.15, -0.1) is 0 Å². The van der Waals surface area contributed by atoms with Crippen LogP contribution in [-0.2, 0) is 6.42 Å². The first-order valence-corrected chi connectivity index (χ1v) is 6.57. The molecule has 3 heteroatoms. The van der Waals surface area contributed by atoms with Crippen molar-refractivity contribution in [3.8, 4) is 0 Å². The van der Waals surface area contributed by atoms with Crippen molar-refractivity contribution in [1.82, 2.24) is 4.98 Å². The summed E-state index contributed by atoms with van der Waals surface area (Å²) in [5.41, 5.74) is 4.90. The molecule has 2 rings (SSSR count). The van der Waals surface area contributed by atoms with Crippen LogP contribution in [0, 0.1) is 20.8 Å². The normalized spacial score (nSPS) is 10.5. The van der Waals surface area contributed by atoms with Gasteiger partial charge in [0.15, 0.2) is 5.78 Å². The number of benzene rings is 1. The quantitative estimate of drug-likeness (QED) is 0.789. The number of halogens is 1. The fourth-order valence-electron chi connectivity index (χ4n) is 2.32. The highest BCUT2D eigenvalue weighted by molar-refractivity contribution is 6.33. The molecule has 0 aliphatic heterocycles. The number of carbonyl (C=O) groups is 1. The molecule has 0 N–H and O–H groups in total. The molecule has 0 atom stereocenters. The molecule has 19 heavy (non-hydrogen) atoms. The van der Waals surface area contributed by atoms with E-state index in [9.17, 15) is 4.79 Å². The molecule has 1 aromatic carbocycles. The summed E-state index contributed by atoms with van der Waals surface area (Å²) in [7, 11) is 0. The van der Waals surface area contributed by atoms with Crippen LogP contribution in [0.3, 0.4) is 0 Å². The van der Waals surface area contributed by atoms with Crippen LogP contribution in [0.4, 0.5) is 0 Å². The minimum absolute atomic E-state index is 0.0411.